The van der Waals surface area contributed by atoms with Gasteiger partial charge in [-0.15, -0.1) is 0 Å². The van der Waals surface area contributed by atoms with E-state index in [9.17, 15) is 9.59 Å². The summed E-state index contributed by atoms with van der Waals surface area (Å²) in [5.74, 6) is -0.935. The van der Waals surface area contributed by atoms with Gasteiger partial charge >= 0.3 is 12.0 Å². The van der Waals surface area contributed by atoms with Gasteiger partial charge in [0.05, 0.1) is 18.7 Å². The summed E-state index contributed by atoms with van der Waals surface area (Å²) in [5, 5.41) is 18.4. The normalized spacial score (nSPS) is 12.8. The summed E-state index contributed by atoms with van der Waals surface area (Å²) in [7, 11) is 1.80. The molecule has 0 saturated carbocycles. The number of carbonyl (C=O) groups is 2. The maximum Gasteiger partial charge on any atom is 0.315 e. The Morgan fingerprint density at radius 1 is 1.45 bits per heavy atom. The van der Waals surface area contributed by atoms with E-state index in [0.717, 1.165) is 5.69 Å². The highest BCUT2D eigenvalue weighted by Crippen LogP contribution is 2.21. The molecule has 1 unspecified atom stereocenters. The van der Waals surface area contributed by atoms with Gasteiger partial charge in [-0.05, 0) is 11.5 Å². The molecule has 2 amide bonds. The lowest BCUT2D eigenvalue weighted by molar-refractivity contribution is -0.138. The van der Waals surface area contributed by atoms with E-state index < -0.39 is 18.0 Å². The Kier molecular flexibility index (Phi) is 5.12. The van der Waals surface area contributed by atoms with Crippen LogP contribution in [0.15, 0.2) is 12.3 Å². The van der Waals surface area contributed by atoms with E-state index in [1.807, 2.05) is 20.8 Å². The lowest BCUT2D eigenvalue weighted by Gasteiger charge is -2.30. The number of carboxylic acid groups (broad SMARTS) is 1. The number of hydrogen-bond donors (Lipinski definition) is 3. The Bertz CT molecular complexity index is 476. The second-order valence-corrected chi connectivity index (χ2v) is 5.82. The van der Waals surface area contributed by atoms with Crippen LogP contribution >= 0.6 is 0 Å². The number of nitrogens with zero attached hydrogens (tertiary/aromatic N) is 2. The fourth-order valence-electron chi connectivity index (χ4n) is 1.69. The molecule has 0 saturated heterocycles. The first-order valence-electron chi connectivity index (χ1n) is 6.43. The molecule has 0 aliphatic rings. The zero-order valence-electron chi connectivity index (χ0n) is 12.3. The average Bonchev–Trinajstić information content (AvgIpc) is 2.70. The summed E-state index contributed by atoms with van der Waals surface area (Å²) in [5.41, 5.74) is 0.411. The van der Waals surface area contributed by atoms with Crippen LogP contribution in [-0.2, 0) is 18.4 Å². The highest BCUT2D eigenvalue weighted by Gasteiger charge is 2.28. The molecule has 7 heteroatoms. The molecule has 3 N–H and O–H groups in total. The lowest BCUT2D eigenvalue weighted by atomic mass is 9.85. The van der Waals surface area contributed by atoms with Crippen molar-refractivity contribution in [1.29, 1.82) is 0 Å². The molecule has 0 radical (unpaired) electrons. The maximum absolute atomic E-state index is 11.8. The molecule has 112 valence electrons. The molecule has 0 aromatic carbocycles. The molecule has 1 rings (SSSR count). The van der Waals surface area contributed by atoms with Crippen LogP contribution in [0.5, 0.6) is 0 Å². The number of rotatable bonds is 5. The summed E-state index contributed by atoms with van der Waals surface area (Å²) >= 11 is 0. The zero-order valence-corrected chi connectivity index (χ0v) is 12.3. The van der Waals surface area contributed by atoms with Gasteiger partial charge in [0.1, 0.15) is 0 Å². The van der Waals surface area contributed by atoms with Crippen molar-refractivity contribution in [3.8, 4) is 0 Å². The monoisotopic (exact) mass is 282 g/mol. The summed E-state index contributed by atoms with van der Waals surface area (Å²) < 4.78 is 1.65. The largest absolute Gasteiger partial charge is 0.481 e. The second kappa shape index (κ2) is 6.40. The van der Waals surface area contributed by atoms with Crippen LogP contribution in [0.2, 0.25) is 0 Å². The number of aliphatic carboxylic acids is 1. The van der Waals surface area contributed by atoms with Gasteiger partial charge in [-0.3, -0.25) is 9.48 Å². The van der Waals surface area contributed by atoms with Gasteiger partial charge in [-0.2, -0.15) is 5.10 Å². The highest BCUT2D eigenvalue weighted by atomic mass is 16.4. The molecule has 0 aliphatic heterocycles. The molecule has 0 fully saturated rings. The minimum atomic E-state index is -0.935. The lowest BCUT2D eigenvalue weighted by Crippen LogP contribution is -2.48. The van der Waals surface area contributed by atoms with E-state index >= 15 is 0 Å². The van der Waals surface area contributed by atoms with Crippen LogP contribution in [0.1, 0.15) is 32.9 Å². The second-order valence-electron chi connectivity index (χ2n) is 5.82. The van der Waals surface area contributed by atoms with Crippen molar-refractivity contribution in [3.63, 3.8) is 0 Å². The van der Waals surface area contributed by atoms with Crippen LogP contribution in [0, 0.1) is 5.41 Å². The van der Waals surface area contributed by atoms with Crippen molar-refractivity contribution in [2.75, 3.05) is 0 Å². The number of aryl methyl sites for hydroxylation is 1. The minimum absolute atomic E-state index is 0.111. The Morgan fingerprint density at radius 2 is 2.10 bits per heavy atom. The van der Waals surface area contributed by atoms with Gasteiger partial charge in [-0.25, -0.2) is 4.79 Å². The highest BCUT2D eigenvalue weighted by molar-refractivity contribution is 5.75. The molecular weight excluding hydrogens is 260 g/mol. The molecule has 1 heterocycles. The Balaban J connectivity index is 2.51. The van der Waals surface area contributed by atoms with Crippen molar-refractivity contribution in [3.05, 3.63) is 18.0 Å². The first-order valence-corrected chi connectivity index (χ1v) is 6.43. The van der Waals surface area contributed by atoms with Crippen LogP contribution in [0.4, 0.5) is 4.79 Å². The summed E-state index contributed by atoms with van der Waals surface area (Å²) in [6, 6.07) is 0.972. The Labute approximate surface area is 118 Å². The molecule has 1 aromatic rings. The van der Waals surface area contributed by atoms with Gasteiger partial charge in [-0.1, -0.05) is 20.8 Å². The molecule has 1 atom stereocenters. The molecule has 0 spiro atoms. The molecule has 1 aromatic heterocycles. The number of hydrogen-bond acceptors (Lipinski definition) is 3. The Morgan fingerprint density at radius 3 is 2.55 bits per heavy atom. The van der Waals surface area contributed by atoms with Crippen molar-refractivity contribution >= 4 is 12.0 Å². The van der Waals surface area contributed by atoms with Crippen LogP contribution in [-0.4, -0.2) is 32.9 Å². The first kappa shape index (κ1) is 16.0. The number of aromatic nitrogens is 2. The summed E-state index contributed by atoms with van der Waals surface area (Å²) in [6.45, 7) is 5.97. The quantitative estimate of drug-likeness (QED) is 0.753. The number of amides is 2. The fraction of sp³-hybridized carbons (Fsp3) is 0.615. The van der Waals surface area contributed by atoms with Crippen molar-refractivity contribution in [2.24, 2.45) is 12.5 Å². The van der Waals surface area contributed by atoms with E-state index in [2.05, 4.69) is 15.7 Å². The predicted molar refractivity (Wildman–Crippen MR) is 74.1 cm³/mol. The SMILES string of the molecule is Cn1ccc(CNC(=O)NC(CC(=O)O)C(C)(C)C)n1. The van der Waals surface area contributed by atoms with Gasteiger partial charge in [0.25, 0.3) is 0 Å². The smallest absolute Gasteiger partial charge is 0.315 e. The van der Waals surface area contributed by atoms with E-state index in [0.29, 0.717) is 6.54 Å². The number of carbonyl (C=O) groups excluding carboxylic acids is 1. The van der Waals surface area contributed by atoms with Crippen LogP contribution in [0.25, 0.3) is 0 Å². The number of nitrogens with one attached hydrogen (secondary N) is 2. The van der Waals surface area contributed by atoms with Gasteiger partial charge in [0, 0.05) is 19.3 Å². The standard InChI is InChI=1S/C13H22N4O3/c1-13(2,3)10(7-11(18)19)15-12(20)14-8-9-5-6-17(4)16-9/h5-6,10H,7-8H2,1-4H3,(H,18,19)(H2,14,15,20). The van der Waals surface area contributed by atoms with Crippen LogP contribution < -0.4 is 10.6 Å². The molecular formula is C13H22N4O3. The van der Waals surface area contributed by atoms with Crippen molar-refractivity contribution in [2.45, 2.75) is 39.8 Å². The van der Waals surface area contributed by atoms with Gasteiger partial charge in [0.15, 0.2) is 0 Å². The van der Waals surface area contributed by atoms with E-state index in [4.69, 9.17) is 5.11 Å². The van der Waals surface area contributed by atoms with Gasteiger partial charge in [0.2, 0.25) is 0 Å². The van der Waals surface area contributed by atoms with E-state index in [-0.39, 0.29) is 11.8 Å². The third-order valence-corrected chi connectivity index (χ3v) is 2.93. The van der Waals surface area contributed by atoms with Crippen molar-refractivity contribution < 1.29 is 14.7 Å². The number of carboxylic acids is 1. The van der Waals surface area contributed by atoms with E-state index in [1.165, 1.54) is 0 Å². The van der Waals surface area contributed by atoms with E-state index in [1.54, 1.807) is 24.0 Å². The third-order valence-electron chi connectivity index (χ3n) is 2.93. The third kappa shape index (κ3) is 5.29. The maximum atomic E-state index is 11.8. The average molecular weight is 282 g/mol. The molecule has 0 aliphatic carbocycles. The number of urea groups is 1. The molecule has 7 nitrogen and oxygen atoms in total. The predicted octanol–water partition coefficient (Wildman–Crippen LogP) is 1.11. The van der Waals surface area contributed by atoms with Crippen LogP contribution in [0.3, 0.4) is 0 Å². The molecule has 0 bridgehead atoms. The zero-order chi connectivity index (χ0) is 15.3. The topological polar surface area (TPSA) is 96.2 Å². The van der Waals surface area contributed by atoms with Crippen molar-refractivity contribution in [1.82, 2.24) is 20.4 Å². The van der Waals surface area contributed by atoms with Gasteiger partial charge < -0.3 is 15.7 Å². The molecule has 20 heavy (non-hydrogen) atoms. The minimum Gasteiger partial charge on any atom is -0.481 e. The Hall–Kier alpha value is -2.05. The summed E-state index contributed by atoms with van der Waals surface area (Å²) in [4.78, 5) is 22.6. The first-order chi connectivity index (χ1) is 9.18. The summed E-state index contributed by atoms with van der Waals surface area (Å²) in [6.07, 6.45) is 1.68. The fourth-order valence-corrected chi connectivity index (χ4v) is 1.69.